The number of anilines is 1. The Hall–Kier alpha value is -2.50. The quantitative estimate of drug-likeness (QED) is 0.315. The maximum absolute atomic E-state index is 6.15. The fourth-order valence-corrected chi connectivity index (χ4v) is 2.90. The molecule has 0 amide bonds. The molecule has 1 aromatic carbocycles. The number of hydrogen-bond acceptors (Lipinski definition) is 5. The largest absolute Gasteiger partial charge is 0.496 e. The lowest BCUT2D eigenvalue weighted by molar-refractivity contribution is 0.414. The number of rotatable bonds is 8. The molecule has 2 rings (SSSR count). The van der Waals surface area contributed by atoms with E-state index in [4.69, 9.17) is 16.3 Å². The van der Waals surface area contributed by atoms with Crippen LogP contribution in [0.5, 0.6) is 5.75 Å². The van der Waals surface area contributed by atoms with Gasteiger partial charge >= 0.3 is 0 Å². The molecule has 0 aliphatic rings. The van der Waals surface area contributed by atoms with E-state index in [1.165, 1.54) is 11.9 Å². The van der Waals surface area contributed by atoms with E-state index in [2.05, 4.69) is 21.3 Å². The Morgan fingerprint density at radius 3 is 2.85 bits per heavy atom. The van der Waals surface area contributed by atoms with Gasteiger partial charge in [0, 0.05) is 41.6 Å². The number of allylic oxidation sites excluding steroid dienone is 4. The number of aliphatic imine (C=N–C) groups is 1. The number of nitrogens with one attached hydrogen (secondary N) is 1. The van der Waals surface area contributed by atoms with Gasteiger partial charge in [0.1, 0.15) is 5.75 Å². The molecular weight excluding hydrogens is 378 g/mol. The first kappa shape index (κ1) is 20.8. The molecule has 4 nitrogen and oxygen atoms in total. The van der Waals surface area contributed by atoms with Crippen molar-refractivity contribution in [3.8, 4) is 5.75 Å². The number of methoxy groups -OCH3 is 1. The Kier molecular flexibility index (Phi) is 8.17. The van der Waals surface area contributed by atoms with Crippen LogP contribution in [-0.4, -0.2) is 18.3 Å². The molecule has 0 unspecified atom stereocenters. The molecule has 140 valence electrons. The molecule has 0 radical (unpaired) electrons. The summed E-state index contributed by atoms with van der Waals surface area (Å²) < 4.78 is 8.78. The summed E-state index contributed by atoms with van der Waals surface area (Å²) in [6, 6.07) is 7.67. The highest BCUT2D eigenvalue weighted by atomic mass is 35.5. The van der Waals surface area contributed by atoms with E-state index in [1.54, 1.807) is 31.8 Å². The first-order chi connectivity index (χ1) is 13.0. The van der Waals surface area contributed by atoms with Crippen molar-refractivity contribution in [3.05, 3.63) is 77.2 Å². The van der Waals surface area contributed by atoms with Crippen molar-refractivity contribution in [3.63, 3.8) is 0 Å². The van der Waals surface area contributed by atoms with Crippen molar-refractivity contribution >= 4 is 41.5 Å². The van der Waals surface area contributed by atoms with E-state index in [-0.39, 0.29) is 0 Å². The summed E-state index contributed by atoms with van der Waals surface area (Å²) >= 11 is 7.55. The molecule has 6 heteroatoms. The summed E-state index contributed by atoms with van der Waals surface area (Å²) in [4.78, 5) is 9.16. The second-order valence-corrected chi connectivity index (χ2v) is 6.84. The lowest BCUT2D eigenvalue weighted by Crippen LogP contribution is -1.92. The highest BCUT2D eigenvalue weighted by molar-refractivity contribution is 8.00. The second kappa shape index (κ2) is 10.6. The zero-order valence-corrected chi connectivity index (χ0v) is 17.1. The van der Waals surface area contributed by atoms with Gasteiger partial charge in [-0.05, 0) is 49.6 Å². The maximum atomic E-state index is 6.15. The third-order valence-electron chi connectivity index (χ3n) is 3.47. The molecule has 2 aromatic rings. The van der Waals surface area contributed by atoms with Crippen LogP contribution in [0.1, 0.15) is 19.4 Å². The van der Waals surface area contributed by atoms with Crippen LogP contribution in [0.2, 0.25) is 5.02 Å². The Morgan fingerprint density at radius 1 is 1.37 bits per heavy atom. The SMILES string of the molecule is C=C(C)\N=C/C(=C\C)/C=C/c1ccc(NSc2cnccc2Cl)cc1OC. The van der Waals surface area contributed by atoms with Crippen LogP contribution < -0.4 is 9.46 Å². The second-order valence-electron chi connectivity index (χ2n) is 5.58. The van der Waals surface area contributed by atoms with Crippen LogP contribution >= 0.6 is 23.5 Å². The number of ether oxygens (including phenoxy) is 1. The van der Waals surface area contributed by atoms with Gasteiger partial charge in [0.25, 0.3) is 0 Å². The van der Waals surface area contributed by atoms with Gasteiger partial charge in [-0.15, -0.1) is 0 Å². The fourth-order valence-electron chi connectivity index (χ4n) is 2.05. The highest BCUT2D eigenvalue weighted by Gasteiger charge is 2.05. The van der Waals surface area contributed by atoms with E-state index in [0.717, 1.165) is 33.2 Å². The smallest absolute Gasteiger partial charge is 0.128 e. The van der Waals surface area contributed by atoms with Gasteiger partial charge in [-0.25, -0.2) is 0 Å². The zero-order valence-electron chi connectivity index (χ0n) is 15.6. The highest BCUT2D eigenvalue weighted by Crippen LogP contribution is 2.30. The minimum atomic E-state index is 0.657. The Balaban J connectivity index is 2.12. The lowest BCUT2D eigenvalue weighted by Gasteiger charge is -2.10. The topological polar surface area (TPSA) is 46.5 Å². The van der Waals surface area contributed by atoms with Gasteiger partial charge in [0.05, 0.1) is 17.0 Å². The van der Waals surface area contributed by atoms with Crippen LogP contribution in [0.25, 0.3) is 6.08 Å². The average molecular weight is 400 g/mol. The average Bonchev–Trinajstić information content (AvgIpc) is 2.67. The number of halogens is 1. The van der Waals surface area contributed by atoms with Gasteiger partial charge in [-0.2, -0.15) is 0 Å². The van der Waals surface area contributed by atoms with Crippen molar-refractivity contribution in [2.24, 2.45) is 4.99 Å². The van der Waals surface area contributed by atoms with E-state index in [1.807, 2.05) is 50.3 Å². The molecule has 0 saturated heterocycles. The minimum Gasteiger partial charge on any atom is -0.496 e. The molecule has 1 heterocycles. The predicted molar refractivity (Wildman–Crippen MR) is 118 cm³/mol. The summed E-state index contributed by atoms with van der Waals surface area (Å²) in [5.74, 6) is 0.765. The number of nitrogens with zero attached hydrogens (tertiary/aromatic N) is 2. The summed E-state index contributed by atoms with van der Waals surface area (Å²) in [5, 5.41) is 0.657. The van der Waals surface area contributed by atoms with Gasteiger partial charge in [0.2, 0.25) is 0 Å². The first-order valence-corrected chi connectivity index (χ1v) is 9.47. The van der Waals surface area contributed by atoms with Gasteiger partial charge in [0.15, 0.2) is 0 Å². The number of aromatic nitrogens is 1. The predicted octanol–water partition coefficient (Wildman–Crippen LogP) is 6.43. The molecule has 27 heavy (non-hydrogen) atoms. The Morgan fingerprint density at radius 2 is 2.19 bits per heavy atom. The van der Waals surface area contributed by atoms with Crippen molar-refractivity contribution in [2.45, 2.75) is 18.7 Å². The zero-order chi connectivity index (χ0) is 19.6. The molecule has 0 fully saturated rings. The summed E-state index contributed by atoms with van der Waals surface area (Å²) in [7, 11) is 1.65. The third kappa shape index (κ3) is 6.62. The van der Waals surface area contributed by atoms with Crippen LogP contribution in [0.4, 0.5) is 5.69 Å². The standard InChI is InChI=1S/C21H22ClN3OS/c1-5-16(13-24-15(2)3)6-7-17-8-9-18(12-20(17)26-4)25-27-21-14-23-11-10-19(21)22/h5-14,25H,2H2,1,3-4H3/b7-6+,16-5-,24-13-. The lowest BCUT2D eigenvalue weighted by atomic mass is 10.1. The molecule has 1 N–H and O–H groups in total. The fraction of sp³-hybridized carbons (Fsp3) is 0.143. The number of hydrogen-bond donors (Lipinski definition) is 1. The Bertz CT molecular complexity index is 891. The molecular formula is C21H22ClN3OS. The van der Waals surface area contributed by atoms with E-state index >= 15 is 0 Å². The monoisotopic (exact) mass is 399 g/mol. The molecule has 0 bridgehead atoms. The summed E-state index contributed by atoms with van der Waals surface area (Å²) in [6.07, 6.45) is 11.1. The van der Waals surface area contributed by atoms with Crippen molar-refractivity contribution in [1.82, 2.24) is 4.98 Å². The van der Waals surface area contributed by atoms with Crippen LogP contribution in [0.15, 0.2) is 76.5 Å². The normalized spacial score (nSPS) is 11.9. The molecule has 0 saturated carbocycles. The van der Waals surface area contributed by atoms with Gasteiger partial charge in [-0.1, -0.05) is 36.4 Å². The van der Waals surface area contributed by atoms with Crippen molar-refractivity contribution < 1.29 is 4.74 Å². The van der Waals surface area contributed by atoms with Crippen LogP contribution in [-0.2, 0) is 0 Å². The number of benzene rings is 1. The molecule has 0 aliphatic carbocycles. The molecule has 1 aromatic heterocycles. The first-order valence-electron chi connectivity index (χ1n) is 8.28. The Labute approximate surface area is 169 Å². The van der Waals surface area contributed by atoms with Crippen molar-refractivity contribution in [1.29, 1.82) is 0 Å². The molecule has 0 atom stereocenters. The van der Waals surface area contributed by atoms with E-state index in [0.29, 0.717) is 5.02 Å². The summed E-state index contributed by atoms with van der Waals surface area (Å²) in [5.41, 5.74) is 3.63. The number of pyridine rings is 1. The third-order valence-corrected chi connectivity index (χ3v) is 4.79. The molecule has 0 spiro atoms. The van der Waals surface area contributed by atoms with E-state index < -0.39 is 0 Å². The summed E-state index contributed by atoms with van der Waals surface area (Å²) in [6.45, 7) is 7.60. The van der Waals surface area contributed by atoms with Gasteiger partial charge < -0.3 is 9.46 Å². The van der Waals surface area contributed by atoms with Crippen molar-refractivity contribution in [2.75, 3.05) is 11.8 Å². The minimum absolute atomic E-state index is 0.657. The van der Waals surface area contributed by atoms with E-state index in [9.17, 15) is 0 Å². The van der Waals surface area contributed by atoms with Gasteiger partial charge in [-0.3, -0.25) is 9.98 Å². The molecule has 0 aliphatic heterocycles. The van der Waals surface area contributed by atoms with Crippen LogP contribution in [0, 0.1) is 0 Å². The van der Waals surface area contributed by atoms with Crippen LogP contribution in [0.3, 0.4) is 0 Å². The maximum Gasteiger partial charge on any atom is 0.128 e.